The summed E-state index contributed by atoms with van der Waals surface area (Å²) in [6.45, 7) is 15.9. The lowest BCUT2D eigenvalue weighted by Gasteiger charge is -2.31. The first kappa shape index (κ1) is 75.5. The van der Waals surface area contributed by atoms with Crippen LogP contribution in [0.1, 0.15) is 165 Å². The van der Waals surface area contributed by atoms with Gasteiger partial charge in [0.05, 0.1) is 12.5 Å². The van der Waals surface area contributed by atoms with Crippen LogP contribution in [0.2, 0.25) is 0 Å². The molecule has 0 aromatic rings. The van der Waals surface area contributed by atoms with Gasteiger partial charge < -0.3 is 86.1 Å². The number of carboxylic acids is 3. The van der Waals surface area contributed by atoms with E-state index in [0.717, 1.165) is 0 Å². The number of nitrogens with two attached hydrogens (primary N) is 4. The van der Waals surface area contributed by atoms with Crippen molar-refractivity contribution in [3.63, 3.8) is 0 Å². The highest BCUT2D eigenvalue weighted by Gasteiger charge is 2.38. The fraction of sp³-hybridized carbons (Fsp3) is 0.778. The maximum atomic E-state index is 14.4. The summed E-state index contributed by atoms with van der Waals surface area (Å²) in [5.41, 5.74) is 23.0. The summed E-state index contributed by atoms with van der Waals surface area (Å²) >= 11 is 0. The van der Waals surface area contributed by atoms with E-state index in [2.05, 4.69) is 47.9 Å². The van der Waals surface area contributed by atoms with E-state index in [0.29, 0.717) is 58.0 Å². The first-order valence-electron chi connectivity index (χ1n) is 28.8. The number of carbonyl (C=O) groups is 12. The zero-order chi connectivity index (χ0) is 62.8. The third kappa shape index (κ3) is 28.9. The lowest BCUT2D eigenvalue weighted by atomic mass is 9.95. The Hall–Kier alpha value is -6.52. The molecule has 0 radical (unpaired) electrons. The van der Waals surface area contributed by atoms with Crippen molar-refractivity contribution in [2.75, 3.05) is 19.6 Å². The average Bonchev–Trinajstić information content (AvgIpc) is 3.47. The molecule has 0 spiro atoms. The van der Waals surface area contributed by atoms with Gasteiger partial charge in [-0.2, -0.15) is 0 Å². The molecule has 0 aromatic heterocycles. The van der Waals surface area contributed by atoms with E-state index in [9.17, 15) is 72.9 Å². The highest BCUT2D eigenvalue weighted by Crippen LogP contribution is 2.16. The highest BCUT2D eigenvalue weighted by molar-refractivity contribution is 5.99. The second-order valence-electron chi connectivity index (χ2n) is 21.6. The maximum Gasteiger partial charge on any atom is 0.326 e. The molecule has 0 unspecified atom stereocenters. The Balaban J connectivity index is 6.75. The minimum Gasteiger partial charge on any atom is -0.481 e. The summed E-state index contributed by atoms with van der Waals surface area (Å²) in [7, 11) is 0. The van der Waals surface area contributed by atoms with E-state index in [1.807, 2.05) is 0 Å². The van der Waals surface area contributed by atoms with Gasteiger partial charge in [0.1, 0.15) is 54.4 Å². The van der Waals surface area contributed by atoms with Crippen LogP contribution in [0.3, 0.4) is 0 Å². The van der Waals surface area contributed by atoms with E-state index < -0.39 is 163 Å². The van der Waals surface area contributed by atoms with Crippen molar-refractivity contribution in [3.8, 4) is 0 Å². The van der Waals surface area contributed by atoms with Crippen molar-refractivity contribution in [2.24, 2.45) is 46.6 Å². The Morgan fingerprint density at radius 3 is 1.15 bits per heavy atom. The van der Waals surface area contributed by atoms with Gasteiger partial charge in [-0.1, -0.05) is 74.7 Å². The van der Waals surface area contributed by atoms with Gasteiger partial charge in [-0.05, 0) is 121 Å². The average molecular weight is 1170 g/mol. The van der Waals surface area contributed by atoms with Gasteiger partial charge >= 0.3 is 17.9 Å². The van der Waals surface area contributed by atoms with Crippen LogP contribution in [-0.2, 0) is 57.5 Å². The predicted octanol–water partition coefficient (Wildman–Crippen LogP) is -1.31. The van der Waals surface area contributed by atoms with Gasteiger partial charge in [0, 0.05) is 6.42 Å². The van der Waals surface area contributed by atoms with Crippen LogP contribution in [0, 0.1) is 23.7 Å². The van der Waals surface area contributed by atoms with E-state index in [4.69, 9.17) is 22.9 Å². The molecular formula is C54H99N13O15. The number of hydrogen-bond donors (Lipinski definition) is 16. The molecule has 0 rings (SSSR count). The van der Waals surface area contributed by atoms with Gasteiger partial charge in [-0.3, -0.25) is 52.7 Å². The lowest BCUT2D eigenvalue weighted by Crippen LogP contribution is -2.62. The molecule has 20 N–H and O–H groups in total. The first-order valence-corrected chi connectivity index (χ1v) is 28.8. The Bertz CT molecular complexity index is 2080. The Morgan fingerprint density at radius 2 is 0.732 bits per heavy atom. The van der Waals surface area contributed by atoms with Crippen LogP contribution in [0.15, 0.2) is 0 Å². The van der Waals surface area contributed by atoms with Crippen LogP contribution in [0.5, 0.6) is 0 Å². The number of amides is 9. The molecule has 0 aromatic carbocycles. The van der Waals surface area contributed by atoms with Crippen LogP contribution in [0.4, 0.5) is 0 Å². The highest BCUT2D eigenvalue weighted by atomic mass is 16.4. The van der Waals surface area contributed by atoms with Gasteiger partial charge in [0.25, 0.3) is 0 Å². The van der Waals surface area contributed by atoms with Gasteiger partial charge in [0.2, 0.25) is 53.2 Å². The zero-order valence-electron chi connectivity index (χ0n) is 49.6. The molecule has 9 amide bonds. The number of aliphatic carboxylic acids is 3. The molecule has 0 saturated heterocycles. The summed E-state index contributed by atoms with van der Waals surface area (Å²) in [5.74, 6) is -13.7. The first-order chi connectivity index (χ1) is 38.5. The van der Waals surface area contributed by atoms with Gasteiger partial charge in [-0.15, -0.1) is 0 Å². The van der Waals surface area contributed by atoms with Crippen molar-refractivity contribution in [1.29, 1.82) is 0 Å². The van der Waals surface area contributed by atoms with Crippen molar-refractivity contribution in [2.45, 2.75) is 225 Å². The summed E-state index contributed by atoms with van der Waals surface area (Å²) < 4.78 is 0. The molecule has 28 nitrogen and oxygen atoms in total. The second-order valence-corrected chi connectivity index (χ2v) is 21.6. The predicted molar refractivity (Wildman–Crippen MR) is 304 cm³/mol. The topological polar surface area (TPSA) is 478 Å². The monoisotopic (exact) mass is 1170 g/mol. The molecule has 0 aliphatic heterocycles. The lowest BCUT2D eigenvalue weighted by molar-refractivity contribution is -0.142. The summed E-state index contributed by atoms with van der Waals surface area (Å²) in [5, 5.41) is 52.0. The van der Waals surface area contributed by atoms with Crippen LogP contribution in [0.25, 0.3) is 0 Å². The van der Waals surface area contributed by atoms with Gasteiger partial charge in [0.15, 0.2) is 0 Å². The van der Waals surface area contributed by atoms with Crippen LogP contribution < -0.4 is 70.8 Å². The number of unbranched alkanes of at least 4 members (excludes halogenated alkanes) is 3. The molecular weight excluding hydrogens is 1070 g/mol. The number of hydrogen-bond acceptors (Lipinski definition) is 16. The summed E-state index contributed by atoms with van der Waals surface area (Å²) in [4.78, 5) is 160. The number of carboxylic acid groups (broad SMARTS) is 3. The fourth-order valence-electron chi connectivity index (χ4n) is 8.33. The van der Waals surface area contributed by atoms with E-state index in [1.165, 1.54) is 6.92 Å². The smallest absolute Gasteiger partial charge is 0.326 e. The third-order valence-electron chi connectivity index (χ3n) is 14.3. The second kappa shape index (κ2) is 40.6. The SMILES string of the molecule is CC[C@H](C)[C@H](N)C(=O)N[C@@H](CC(=O)O)C(=O)N[C@H](C(=O)N[C@@H](CCC(=O)O)C(=O)N[C@H](C(=O)N[C@@H](CC(C)C)C(=O)N[C@@H](CCCCN)C(=O)N[C@@H](C)C(=O)N[C@@H](CCCCN)C(=O)N[C@@H](CCCCN)C(=O)O)[C@@H](C)CC)[C@@H](C)CC. The normalized spacial score (nSPS) is 16.0. The van der Waals surface area contributed by atoms with Crippen LogP contribution in [-0.4, -0.2) is 166 Å². The molecule has 0 aliphatic rings. The van der Waals surface area contributed by atoms with Gasteiger partial charge in [-0.25, -0.2) is 4.79 Å². The molecule has 82 heavy (non-hydrogen) atoms. The number of rotatable bonds is 44. The van der Waals surface area contributed by atoms with Crippen molar-refractivity contribution >= 4 is 71.1 Å². The molecule has 470 valence electrons. The fourth-order valence-corrected chi connectivity index (χ4v) is 8.33. The third-order valence-corrected chi connectivity index (χ3v) is 14.3. The number of carbonyl (C=O) groups excluding carboxylic acids is 9. The minimum atomic E-state index is -1.67. The number of nitrogens with one attached hydrogen (secondary N) is 9. The molecule has 0 aliphatic carbocycles. The zero-order valence-corrected chi connectivity index (χ0v) is 49.6. The molecule has 0 fully saturated rings. The van der Waals surface area contributed by atoms with Crippen molar-refractivity contribution in [3.05, 3.63) is 0 Å². The van der Waals surface area contributed by atoms with E-state index in [1.54, 1.807) is 55.4 Å². The minimum absolute atomic E-state index is 0.0275. The molecule has 0 heterocycles. The summed E-state index contributed by atoms with van der Waals surface area (Å²) in [6, 6.07) is -13.5. The standard InChI is InChI=1S/C54H99N13O15/c1-10-30(6)42(58)51(78)64-39(28-41(70)71)50(77)67-43(31(7)11-2)52(79)62-36(22-23-40(68)69)48(75)66-44(32(8)12-3)53(80)65-38(27-29(4)5)49(76)61-34(19-13-16-24-55)46(73)59-33(9)45(72)60-35(20-14-17-25-56)47(74)63-37(54(81)82)21-15-18-26-57/h29-39,42-44H,10-28,55-58H2,1-9H3,(H,59,73)(H,60,72)(H,61,76)(H,62,79)(H,63,74)(H,64,78)(H,65,80)(H,66,75)(H,67,77)(H,68,69)(H,70,71)(H,81,82)/t30-,31-,32-,33-,34-,35-,36-,37-,38-,39-,42-,43-,44-/m0/s1. The maximum absolute atomic E-state index is 14.4. The Kier molecular flexibility index (Phi) is 37.4. The van der Waals surface area contributed by atoms with E-state index in [-0.39, 0.29) is 56.9 Å². The van der Waals surface area contributed by atoms with Crippen molar-refractivity contribution in [1.82, 2.24) is 47.9 Å². The Morgan fingerprint density at radius 1 is 0.378 bits per heavy atom. The van der Waals surface area contributed by atoms with E-state index >= 15 is 0 Å². The molecule has 13 atom stereocenters. The quantitative estimate of drug-likeness (QED) is 0.0315. The Labute approximate surface area is 482 Å². The molecule has 28 heteroatoms. The summed E-state index contributed by atoms with van der Waals surface area (Å²) in [6.07, 6.45) is 2.00. The molecule has 0 bridgehead atoms. The largest absolute Gasteiger partial charge is 0.481 e. The van der Waals surface area contributed by atoms with Crippen LogP contribution >= 0.6 is 0 Å². The van der Waals surface area contributed by atoms with Crippen molar-refractivity contribution < 1.29 is 72.9 Å². The molecule has 0 saturated carbocycles.